The van der Waals surface area contributed by atoms with Crippen molar-refractivity contribution in [1.29, 1.82) is 0 Å². The molecule has 2 rings (SSSR count). The van der Waals surface area contributed by atoms with Crippen LogP contribution in [-0.2, 0) is 10.3 Å². The topological polar surface area (TPSA) is 110 Å². The number of nitrogens with zero attached hydrogens (tertiary/aromatic N) is 3. The van der Waals surface area contributed by atoms with E-state index < -0.39 is 10.5 Å². The zero-order chi connectivity index (χ0) is 18.4. The Hall–Kier alpha value is -2.74. The lowest BCUT2D eigenvalue weighted by molar-refractivity contribution is -0.385. The van der Waals surface area contributed by atoms with Gasteiger partial charge in [-0.15, -0.1) is 0 Å². The predicted molar refractivity (Wildman–Crippen MR) is 91.8 cm³/mol. The van der Waals surface area contributed by atoms with Crippen LogP contribution in [0.3, 0.4) is 0 Å². The van der Waals surface area contributed by atoms with E-state index in [0.29, 0.717) is 12.8 Å². The van der Waals surface area contributed by atoms with Crippen molar-refractivity contribution in [3.05, 3.63) is 58.4 Å². The number of nitro groups is 1. The van der Waals surface area contributed by atoms with E-state index in [1.54, 1.807) is 13.8 Å². The molecule has 0 spiro atoms. The number of nitrogens with one attached hydrogen (secondary N) is 1. The summed E-state index contributed by atoms with van der Waals surface area (Å²) in [6, 6.07) is 9.22. The number of amides is 1. The maximum atomic E-state index is 12.8. The maximum Gasteiger partial charge on any atom is 0.307 e. The van der Waals surface area contributed by atoms with Crippen LogP contribution in [0, 0.1) is 10.1 Å². The van der Waals surface area contributed by atoms with Crippen LogP contribution in [0.2, 0.25) is 0 Å². The van der Waals surface area contributed by atoms with Crippen molar-refractivity contribution in [2.24, 2.45) is 0 Å². The normalized spacial score (nSPS) is 12.6. The quantitative estimate of drug-likeness (QED) is 0.562. The molecule has 1 amide bonds. The maximum absolute atomic E-state index is 12.8. The standard InChI is InChI=1S/C17H22N4O4/c1-17(2,20-12-14(11-18-20)21(24)25)16(23)19-15(9-6-10-22)13-7-4-3-5-8-13/h3-5,7-8,11-12,15,22H,6,9-10H2,1-2H3,(H,19,23). The van der Waals surface area contributed by atoms with Gasteiger partial charge < -0.3 is 10.4 Å². The highest BCUT2D eigenvalue weighted by Gasteiger charge is 2.33. The first-order chi connectivity index (χ1) is 11.9. The molecular weight excluding hydrogens is 324 g/mol. The second-order valence-corrected chi connectivity index (χ2v) is 6.26. The first kappa shape index (κ1) is 18.6. The van der Waals surface area contributed by atoms with Crippen LogP contribution in [0.4, 0.5) is 5.69 Å². The van der Waals surface area contributed by atoms with Gasteiger partial charge in [0.15, 0.2) is 0 Å². The zero-order valence-corrected chi connectivity index (χ0v) is 14.3. The van der Waals surface area contributed by atoms with Crippen molar-refractivity contribution in [2.75, 3.05) is 6.61 Å². The molecule has 1 unspecified atom stereocenters. The Labute approximate surface area is 145 Å². The van der Waals surface area contributed by atoms with Crippen LogP contribution in [0.5, 0.6) is 0 Å². The summed E-state index contributed by atoms with van der Waals surface area (Å²) < 4.78 is 1.29. The van der Waals surface area contributed by atoms with Gasteiger partial charge in [-0.1, -0.05) is 30.3 Å². The Morgan fingerprint density at radius 3 is 2.64 bits per heavy atom. The van der Waals surface area contributed by atoms with Crippen LogP contribution in [0.1, 0.15) is 38.3 Å². The molecule has 1 heterocycles. The molecule has 0 radical (unpaired) electrons. The van der Waals surface area contributed by atoms with Crippen molar-refractivity contribution < 1.29 is 14.8 Å². The van der Waals surface area contributed by atoms with Crippen molar-refractivity contribution in [2.45, 2.75) is 38.3 Å². The molecule has 2 aromatic rings. The average Bonchev–Trinajstić information content (AvgIpc) is 3.10. The lowest BCUT2D eigenvalue weighted by atomic mass is 9.99. The van der Waals surface area contributed by atoms with E-state index in [-0.39, 0.29) is 24.2 Å². The minimum atomic E-state index is -1.10. The summed E-state index contributed by atoms with van der Waals surface area (Å²) >= 11 is 0. The Morgan fingerprint density at radius 1 is 1.40 bits per heavy atom. The third kappa shape index (κ3) is 4.42. The number of aliphatic hydroxyl groups excluding tert-OH is 1. The molecule has 1 atom stereocenters. The second-order valence-electron chi connectivity index (χ2n) is 6.26. The van der Waals surface area contributed by atoms with Crippen molar-refractivity contribution in [3.8, 4) is 0 Å². The van der Waals surface area contributed by atoms with E-state index in [2.05, 4.69) is 10.4 Å². The second kappa shape index (κ2) is 7.89. The summed E-state index contributed by atoms with van der Waals surface area (Å²) in [7, 11) is 0. The molecule has 1 aromatic carbocycles. The summed E-state index contributed by atoms with van der Waals surface area (Å²) in [5.41, 5.74) is -0.326. The van der Waals surface area contributed by atoms with Gasteiger partial charge in [0.1, 0.15) is 17.9 Å². The number of rotatable bonds is 8. The highest BCUT2D eigenvalue weighted by molar-refractivity contribution is 5.84. The van der Waals surface area contributed by atoms with Gasteiger partial charge >= 0.3 is 5.69 Å². The third-order valence-electron chi connectivity index (χ3n) is 4.07. The fourth-order valence-electron chi connectivity index (χ4n) is 2.46. The van der Waals surface area contributed by atoms with Crippen molar-refractivity contribution in [1.82, 2.24) is 15.1 Å². The Kier molecular flexibility index (Phi) is 5.87. The molecule has 0 aliphatic carbocycles. The van der Waals surface area contributed by atoms with E-state index in [1.165, 1.54) is 10.9 Å². The van der Waals surface area contributed by atoms with E-state index in [4.69, 9.17) is 5.11 Å². The number of aliphatic hydroxyl groups is 1. The van der Waals surface area contributed by atoms with E-state index >= 15 is 0 Å². The Bertz CT molecular complexity index is 727. The molecule has 0 bridgehead atoms. The zero-order valence-electron chi connectivity index (χ0n) is 14.3. The van der Waals surface area contributed by atoms with Crippen LogP contribution >= 0.6 is 0 Å². The predicted octanol–water partition coefficient (Wildman–Crippen LogP) is 2.16. The van der Waals surface area contributed by atoms with E-state index in [0.717, 1.165) is 11.8 Å². The molecule has 8 nitrogen and oxygen atoms in total. The van der Waals surface area contributed by atoms with Crippen LogP contribution < -0.4 is 5.32 Å². The van der Waals surface area contributed by atoms with Crippen molar-refractivity contribution in [3.63, 3.8) is 0 Å². The summed E-state index contributed by atoms with van der Waals surface area (Å²) in [5, 5.41) is 26.8. The SMILES string of the molecule is CC(C)(C(=O)NC(CCCO)c1ccccc1)n1cc([N+](=O)[O-])cn1. The third-order valence-corrected chi connectivity index (χ3v) is 4.07. The molecule has 8 heteroatoms. The van der Waals surface area contributed by atoms with Crippen LogP contribution in [0.25, 0.3) is 0 Å². The summed E-state index contributed by atoms with van der Waals surface area (Å²) in [6.45, 7) is 3.33. The highest BCUT2D eigenvalue weighted by atomic mass is 16.6. The van der Waals surface area contributed by atoms with Gasteiger partial charge in [-0.25, -0.2) is 0 Å². The first-order valence-electron chi connectivity index (χ1n) is 8.02. The smallest absolute Gasteiger partial charge is 0.307 e. The van der Waals surface area contributed by atoms with Crippen molar-refractivity contribution >= 4 is 11.6 Å². The van der Waals surface area contributed by atoms with Gasteiger partial charge in [0, 0.05) is 6.61 Å². The number of carbonyl (C=O) groups is 1. The average molecular weight is 346 g/mol. The lowest BCUT2D eigenvalue weighted by Gasteiger charge is -2.28. The number of carbonyl (C=O) groups excluding carboxylic acids is 1. The fraction of sp³-hybridized carbons (Fsp3) is 0.412. The Balaban J connectivity index is 2.19. The summed E-state index contributed by atoms with van der Waals surface area (Å²) in [5.74, 6) is -0.308. The number of benzene rings is 1. The van der Waals surface area contributed by atoms with Crippen LogP contribution in [0.15, 0.2) is 42.7 Å². The molecule has 0 aliphatic rings. The van der Waals surface area contributed by atoms with Gasteiger partial charge in [0.25, 0.3) is 0 Å². The molecule has 0 aliphatic heterocycles. The fourth-order valence-corrected chi connectivity index (χ4v) is 2.46. The molecule has 0 saturated heterocycles. The summed E-state index contributed by atoms with van der Waals surface area (Å²) in [6.07, 6.45) is 3.50. The van der Waals surface area contributed by atoms with Gasteiger partial charge in [-0.3, -0.25) is 19.6 Å². The van der Waals surface area contributed by atoms with Gasteiger partial charge in [-0.2, -0.15) is 5.10 Å². The van der Waals surface area contributed by atoms with Gasteiger partial charge in [0.05, 0.1) is 11.0 Å². The monoisotopic (exact) mass is 346 g/mol. The van der Waals surface area contributed by atoms with Gasteiger partial charge in [0.2, 0.25) is 5.91 Å². The lowest BCUT2D eigenvalue weighted by Crippen LogP contribution is -2.46. The largest absolute Gasteiger partial charge is 0.396 e. The van der Waals surface area contributed by atoms with Crippen LogP contribution in [-0.4, -0.2) is 32.3 Å². The number of hydrogen-bond acceptors (Lipinski definition) is 5. The van der Waals surface area contributed by atoms with E-state index in [9.17, 15) is 14.9 Å². The molecule has 25 heavy (non-hydrogen) atoms. The highest BCUT2D eigenvalue weighted by Crippen LogP contribution is 2.23. The molecule has 134 valence electrons. The minimum absolute atomic E-state index is 0.0357. The van der Waals surface area contributed by atoms with E-state index in [1.807, 2.05) is 30.3 Å². The molecule has 2 N–H and O–H groups in total. The molecular formula is C17H22N4O4. The molecule has 0 saturated carbocycles. The minimum Gasteiger partial charge on any atom is -0.396 e. The molecule has 1 aromatic heterocycles. The van der Waals surface area contributed by atoms with Gasteiger partial charge in [-0.05, 0) is 32.3 Å². The summed E-state index contributed by atoms with van der Waals surface area (Å²) in [4.78, 5) is 23.1. The number of aromatic nitrogens is 2. The molecule has 0 fully saturated rings. The first-order valence-corrected chi connectivity index (χ1v) is 8.02. The number of hydrogen-bond donors (Lipinski definition) is 2. The Morgan fingerprint density at radius 2 is 2.08 bits per heavy atom.